The van der Waals surface area contributed by atoms with Gasteiger partial charge in [-0.25, -0.2) is 9.78 Å². The van der Waals surface area contributed by atoms with E-state index in [-0.39, 0.29) is 17.9 Å². The number of para-hydroxylation sites is 2. The predicted octanol–water partition coefficient (Wildman–Crippen LogP) is 2.83. The topological polar surface area (TPSA) is 95.1 Å². The third kappa shape index (κ3) is 3.37. The minimum absolute atomic E-state index is 0.182. The summed E-state index contributed by atoms with van der Waals surface area (Å²) in [5.41, 5.74) is 2.49. The lowest BCUT2D eigenvalue weighted by atomic mass is 10.0. The molecule has 0 saturated heterocycles. The molecule has 116 valence electrons. The Labute approximate surface area is 132 Å². The molecule has 3 rings (SSSR count). The summed E-state index contributed by atoms with van der Waals surface area (Å²) in [7, 11) is 0. The van der Waals surface area contributed by atoms with Crippen LogP contribution < -0.4 is 5.32 Å². The normalized spacial score (nSPS) is 10.6. The van der Waals surface area contributed by atoms with Gasteiger partial charge in [-0.05, 0) is 30.2 Å². The van der Waals surface area contributed by atoms with Crippen LogP contribution >= 0.6 is 0 Å². The van der Waals surface area contributed by atoms with E-state index >= 15 is 0 Å². The Morgan fingerprint density at radius 1 is 1.09 bits per heavy atom. The molecule has 23 heavy (non-hydrogen) atoms. The zero-order valence-electron chi connectivity index (χ0n) is 12.2. The predicted molar refractivity (Wildman–Crippen MR) is 86.4 cm³/mol. The highest BCUT2D eigenvalue weighted by molar-refractivity contribution is 5.92. The molecule has 0 spiro atoms. The van der Waals surface area contributed by atoms with Crippen LogP contribution in [0.25, 0.3) is 11.0 Å². The number of hydrogen-bond acceptors (Lipinski definition) is 3. The van der Waals surface area contributed by atoms with Crippen LogP contribution in [0.15, 0.2) is 48.5 Å². The average molecular weight is 309 g/mol. The molecule has 2 aromatic carbocycles. The quantitative estimate of drug-likeness (QED) is 0.675. The molecular formula is C17H15N3O3. The maximum atomic E-state index is 12.0. The van der Waals surface area contributed by atoms with Crippen molar-refractivity contribution in [3.8, 4) is 0 Å². The van der Waals surface area contributed by atoms with Crippen LogP contribution in [-0.4, -0.2) is 27.0 Å². The first kappa shape index (κ1) is 14.8. The van der Waals surface area contributed by atoms with E-state index in [9.17, 15) is 9.59 Å². The Bertz CT molecular complexity index is 837. The molecule has 0 unspecified atom stereocenters. The van der Waals surface area contributed by atoms with Crippen LogP contribution in [0.5, 0.6) is 0 Å². The van der Waals surface area contributed by atoms with Gasteiger partial charge in [-0.3, -0.25) is 10.1 Å². The van der Waals surface area contributed by atoms with Gasteiger partial charge in [-0.2, -0.15) is 0 Å². The van der Waals surface area contributed by atoms with Crippen LogP contribution in [0.2, 0.25) is 0 Å². The Morgan fingerprint density at radius 3 is 2.61 bits per heavy atom. The van der Waals surface area contributed by atoms with Crippen molar-refractivity contribution in [2.45, 2.75) is 12.8 Å². The molecule has 0 radical (unpaired) electrons. The summed E-state index contributed by atoms with van der Waals surface area (Å²) >= 11 is 0. The number of nitrogens with zero attached hydrogens (tertiary/aromatic N) is 1. The summed E-state index contributed by atoms with van der Waals surface area (Å²) in [5, 5.41) is 11.8. The van der Waals surface area contributed by atoms with Crippen molar-refractivity contribution in [1.82, 2.24) is 9.97 Å². The fourth-order valence-electron chi connectivity index (χ4n) is 2.40. The van der Waals surface area contributed by atoms with Gasteiger partial charge in [-0.1, -0.05) is 30.3 Å². The number of aromatic carboxylic acids is 1. The first-order valence-electron chi connectivity index (χ1n) is 7.19. The van der Waals surface area contributed by atoms with Crippen LogP contribution in [0.4, 0.5) is 5.95 Å². The largest absolute Gasteiger partial charge is 0.478 e. The number of fused-ring (bicyclic) bond motifs is 1. The number of carbonyl (C=O) groups is 2. The molecule has 0 saturated carbocycles. The number of aryl methyl sites for hydroxylation is 1. The van der Waals surface area contributed by atoms with Gasteiger partial charge in [0.25, 0.3) is 0 Å². The van der Waals surface area contributed by atoms with Crippen LogP contribution in [0, 0.1) is 0 Å². The van der Waals surface area contributed by atoms with Gasteiger partial charge in [0, 0.05) is 6.42 Å². The number of carboxylic acids is 1. The first-order valence-corrected chi connectivity index (χ1v) is 7.19. The summed E-state index contributed by atoms with van der Waals surface area (Å²) in [6.07, 6.45) is 0.538. The molecule has 0 bridgehead atoms. The standard InChI is InChI=1S/C17H15N3O3/c21-15(10-9-11-5-1-2-6-12(11)16(22)23)20-17-18-13-7-3-4-8-14(13)19-17/h1-8H,9-10H2,(H,22,23)(H2,18,19,20,21). The lowest BCUT2D eigenvalue weighted by Crippen LogP contribution is -2.14. The number of amides is 1. The number of imidazole rings is 1. The summed E-state index contributed by atoms with van der Waals surface area (Å²) in [6.45, 7) is 0. The molecule has 3 N–H and O–H groups in total. The smallest absolute Gasteiger partial charge is 0.335 e. The fourth-order valence-corrected chi connectivity index (χ4v) is 2.40. The van der Waals surface area contributed by atoms with Crippen molar-refractivity contribution in [3.63, 3.8) is 0 Å². The number of carboxylic acid groups (broad SMARTS) is 1. The molecule has 1 amide bonds. The summed E-state index contributed by atoms with van der Waals surface area (Å²) < 4.78 is 0. The van der Waals surface area contributed by atoms with E-state index in [1.54, 1.807) is 18.2 Å². The summed E-state index contributed by atoms with van der Waals surface area (Å²) in [6, 6.07) is 14.2. The maximum Gasteiger partial charge on any atom is 0.335 e. The van der Waals surface area contributed by atoms with Crippen LogP contribution in [-0.2, 0) is 11.2 Å². The van der Waals surface area contributed by atoms with Crippen molar-refractivity contribution < 1.29 is 14.7 Å². The van der Waals surface area contributed by atoms with E-state index in [2.05, 4.69) is 15.3 Å². The van der Waals surface area contributed by atoms with E-state index in [1.807, 2.05) is 24.3 Å². The fraction of sp³-hybridized carbons (Fsp3) is 0.118. The highest BCUT2D eigenvalue weighted by Gasteiger charge is 2.11. The molecule has 3 aromatic rings. The minimum atomic E-state index is -0.988. The molecule has 1 aromatic heterocycles. The number of nitrogens with one attached hydrogen (secondary N) is 2. The maximum absolute atomic E-state index is 12.0. The van der Waals surface area contributed by atoms with Crippen molar-refractivity contribution in [2.75, 3.05) is 5.32 Å². The number of H-pyrrole nitrogens is 1. The van der Waals surface area contributed by atoms with Crippen molar-refractivity contribution in [1.29, 1.82) is 0 Å². The molecule has 0 fully saturated rings. The van der Waals surface area contributed by atoms with Crippen molar-refractivity contribution >= 4 is 28.9 Å². The van der Waals surface area contributed by atoms with E-state index < -0.39 is 5.97 Å². The SMILES string of the molecule is O=C(CCc1ccccc1C(=O)O)Nc1nc2ccccc2[nH]1. The Morgan fingerprint density at radius 2 is 1.83 bits per heavy atom. The molecule has 0 aliphatic carbocycles. The van der Waals surface area contributed by atoms with E-state index in [0.29, 0.717) is 17.9 Å². The lowest BCUT2D eigenvalue weighted by Gasteiger charge is -2.05. The van der Waals surface area contributed by atoms with Gasteiger partial charge >= 0.3 is 5.97 Å². The second-order valence-electron chi connectivity index (χ2n) is 5.11. The van der Waals surface area contributed by atoms with E-state index in [1.165, 1.54) is 6.07 Å². The number of anilines is 1. The van der Waals surface area contributed by atoms with Gasteiger partial charge in [0.2, 0.25) is 11.9 Å². The number of carbonyl (C=O) groups excluding carboxylic acids is 1. The number of aromatic nitrogens is 2. The number of hydrogen-bond donors (Lipinski definition) is 3. The Balaban J connectivity index is 1.65. The third-order valence-electron chi connectivity index (χ3n) is 3.52. The third-order valence-corrected chi connectivity index (χ3v) is 3.52. The molecule has 0 aliphatic rings. The highest BCUT2D eigenvalue weighted by Crippen LogP contribution is 2.15. The molecule has 1 heterocycles. The van der Waals surface area contributed by atoms with Crippen molar-refractivity contribution in [3.05, 3.63) is 59.7 Å². The zero-order chi connectivity index (χ0) is 16.2. The highest BCUT2D eigenvalue weighted by atomic mass is 16.4. The lowest BCUT2D eigenvalue weighted by molar-refractivity contribution is -0.116. The Hall–Kier alpha value is -3.15. The van der Waals surface area contributed by atoms with Gasteiger partial charge in [0.05, 0.1) is 16.6 Å². The molecule has 6 heteroatoms. The molecular weight excluding hydrogens is 294 g/mol. The van der Waals surface area contributed by atoms with Crippen LogP contribution in [0.3, 0.4) is 0 Å². The monoisotopic (exact) mass is 309 g/mol. The number of rotatable bonds is 5. The van der Waals surface area contributed by atoms with Gasteiger partial charge in [0.1, 0.15) is 0 Å². The number of benzene rings is 2. The average Bonchev–Trinajstić information content (AvgIpc) is 2.95. The molecule has 0 aliphatic heterocycles. The summed E-state index contributed by atoms with van der Waals surface area (Å²) in [5.74, 6) is -0.815. The number of aromatic amines is 1. The second-order valence-corrected chi connectivity index (χ2v) is 5.11. The van der Waals surface area contributed by atoms with Gasteiger partial charge < -0.3 is 10.1 Å². The summed E-state index contributed by atoms with van der Waals surface area (Å²) in [4.78, 5) is 30.5. The molecule has 0 atom stereocenters. The first-order chi connectivity index (χ1) is 11.1. The minimum Gasteiger partial charge on any atom is -0.478 e. The van der Waals surface area contributed by atoms with Gasteiger partial charge in [-0.15, -0.1) is 0 Å². The second kappa shape index (κ2) is 6.31. The zero-order valence-corrected chi connectivity index (χ0v) is 12.2. The van der Waals surface area contributed by atoms with E-state index in [4.69, 9.17) is 5.11 Å². The van der Waals surface area contributed by atoms with Gasteiger partial charge in [0.15, 0.2) is 0 Å². The molecule has 6 nitrogen and oxygen atoms in total. The van der Waals surface area contributed by atoms with Crippen LogP contribution in [0.1, 0.15) is 22.3 Å². The van der Waals surface area contributed by atoms with Crippen molar-refractivity contribution in [2.24, 2.45) is 0 Å². The Kier molecular flexibility index (Phi) is 4.05. The van der Waals surface area contributed by atoms with E-state index in [0.717, 1.165) is 11.0 Å².